The summed E-state index contributed by atoms with van der Waals surface area (Å²) in [5, 5.41) is 7.89. The fourth-order valence-electron chi connectivity index (χ4n) is 0.171. The van der Waals surface area contributed by atoms with Crippen molar-refractivity contribution in [1.82, 2.24) is 0 Å². The number of hydrogen-bond donors (Lipinski definition) is 1. The number of rotatable bonds is 3. The van der Waals surface area contributed by atoms with Gasteiger partial charge in [0.15, 0.2) is 0 Å². The van der Waals surface area contributed by atoms with Crippen molar-refractivity contribution < 1.29 is 18.7 Å². The van der Waals surface area contributed by atoms with Crippen molar-refractivity contribution in [2.45, 2.75) is 6.42 Å². The summed E-state index contributed by atoms with van der Waals surface area (Å²) in [4.78, 5) is 9.63. The smallest absolute Gasteiger partial charge is 0.304 e. The van der Waals surface area contributed by atoms with Crippen molar-refractivity contribution in [3.63, 3.8) is 0 Å². The van der Waals surface area contributed by atoms with Gasteiger partial charge >= 0.3 is 5.97 Å². The first-order chi connectivity index (χ1) is 3.63. The minimum atomic E-state index is -2.22. The SMILES string of the molecule is O=C(O)CCS(=O)[O-]. The van der Waals surface area contributed by atoms with Gasteiger partial charge < -0.3 is 9.66 Å². The number of carboxylic acid groups (broad SMARTS) is 1. The Hall–Kier alpha value is -0.420. The lowest BCUT2D eigenvalue weighted by molar-refractivity contribution is -0.136. The molecule has 1 N–H and O–H groups in total. The Morgan fingerprint density at radius 3 is 2.38 bits per heavy atom. The lowest BCUT2D eigenvalue weighted by Crippen LogP contribution is -2.02. The van der Waals surface area contributed by atoms with E-state index in [1.807, 2.05) is 0 Å². The predicted octanol–water partition coefficient (Wildman–Crippen LogP) is -0.660. The lowest BCUT2D eigenvalue weighted by Gasteiger charge is -1.98. The van der Waals surface area contributed by atoms with E-state index in [0.29, 0.717) is 0 Å². The predicted molar refractivity (Wildman–Crippen MR) is 26.0 cm³/mol. The molecule has 1 unspecified atom stereocenters. The van der Waals surface area contributed by atoms with E-state index in [-0.39, 0.29) is 12.2 Å². The van der Waals surface area contributed by atoms with E-state index in [2.05, 4.69) is 0 Å². The maximum absolute atomic E-state index is 9.64. The maximum atomic E-state index is 9.64. The van der Waals surface area contributed by atoms with Crippen LogP contribution in [0.2, 0.25) is 0 Å². The van der Waals surface area contributed by atoms with Gasteiger partial charge in [-0.05, 0) is 0 Å². The molecule has 1 atom stereocenters. The van der Waals surface area contributed by atoms with Crippen molar-refractivity contribution in [2.75, 3.05) is 5.75 Å². The molecule has 0 fully saturated rings. The van der Waals surface area contributed by atoms with Crippen LogP contribution >= 0.6 is 0 Å². The summed E-state index contributed by atoms with van der Waals surface area (Å²) in [6.07, 6.45) is -0.309. The van der Waals surface area contributed by atoms with Gasteiger partial charge in [-0.1, -0.05) is 11.1 Å². The van der Waals surface area contributed by atoms with Crippen LogP contribution in [-0.4, -0.2) is 25.6 Å². The first-order valence-electron chi connectivity index (χ1n) is 1.90. The van der Waals surface area contributed by atoms with E-state index in [4.69, 9.17) is 5.11 Å². The summed E-state index contributed by atoms with van der Waals surface area (Å²) in [7, 11) is 0. The molecule has 0 heterocycles. The van der Waals surface area contributed by atoms with Crippen LogP contribution in [0.3, 0.4) is 0 Å². The summed E-state index contributed by atoms with van der Waals surface area (Å²) in [6, 6.07) is 0. The van der Waals surface area contributed by atoms with Gasteiger partial charge in [0.05, 0.1) is 6.42 Å². The fraction of sp³-hybridized carbons (Fsp3) is 0.667. The normalized spacial score (nSPS) is 13.1. The quantitative estimate of drug-likeness (QED) is 0.524. The largest absolute Gasteiger partial charge is 0.772 e. The third-order valence-electron chi connectivity index (χ3n) is 0.483. The Balaban J connectivity index is 3.18. The van der Waals surface area contributed by atoms with Gasteiger partial charge in [0.2, 0.25) is 0 Å². The van der Waals surface area contributed by atoms with Crippen LogP contribution in [-0.2, 0) is 15.9 Å². The zero-order chi connectivity index (χ0) is 6.57. The standard InChI is InChI=1S/C3H6O4S/c4-3(5)1-2-8(6)7/h1-2H2,(H,4,5)(H,6,7)/p-1. The molecule has 5 heteroatoms. The maximum Gasteiger partial charge on any atom is 0.304 e. The molecule has 0 aromatic rings. The molecule has 0 aliphatic carbocycles. The van der Waals surface area contributed by atoms with Gasteiger partial charge in [0.25, 0.3) is 0 Å². The highest BCUT2D eigenvalue weighted by Gasteiger charge is 1.93. The molecule has 0 amide bonds. The Morgan fingerprint density at radius 2 is 2.25 bits per heavy atom. The van der Waals surface area contributed by atoms with Crippen molar-refractivity contribution in [2.24, 2.45) is 0 Å². The van der Waals surface area contributed by atoms with Crippen LogP contribution in [0.4, 0.5) is 0 Å². The molecule has 0 spiro atoms. The molecule has 0 aliphatic heterocycles. The van der Waals surface area contributed by atoms with Crippen molar-refractivity contribution in [3.05, 3.63) is 0 Å². The third kappa shape index (κ3) is 5.58. The molecule has 8 heavy (non-hydrogen) atoms. The molecular formula is C3H5O4S-. The highest BCUT2D eigenvalue weighted by atomic mass is 32.2. The Morgan fingerprint density at radius 1 is 1.75 bits per heavy atom. The van der Waals surface area contributed by atoms with Crippen LogP contribution < -0.4 is 0 Å². The van der Waals surface area contributed by atoms with Crippen molar-refractivity contribution in [1.29, 1.82) is 0 Å². The van der Waals surface area contributed by atoms with Gasteiger partial charge in [0.1, 0.15) is 0 Å². The Kier molecular flexibility index (Phi) is 3.38. The van der Waals surface area contributed by atoms with Gasteiger partial charge in [-0.25, -0.2) is 0 Å². The molecule has 0 radical (unpaired) electrons. The first-order valence-corrected chi connectivity index (χ1v) is 3.15. The second kappa shape index (κ2) is 3.57. The molecule has 0 bridgehead atoms. The molecule has 4 nitrogen and oxygen atoms in total. The van der Waals surface area contributed by atoms with Gasteiger partial charge in [0, 0.05) is 5.75 Å². The Bertz CT molecular complexity index is 95.9. The highest BCUT2D eigenvalue weighted by Crippen LogP contribution is 1.80. The third-order valence-corrected chi connectivity index (χ3v) is 1.02. The summed E-state index contributed by atoms with van der Waals surface area (Å²) in [5.41, 5.74) is 0. The van der Waals surface area contributed by atoms with Crippen LogP contribution in [0.15, 0.2) is 0 Å². The molecule has 48 valence electrons. The minimum Gasteiger partial charge on any atom is -0.772 e. The number of carboxylic acids is 1. The number of hydrogen-bond acceptors (Lipinski definition) is 3. The summed E-state index contributed by atoms with van der Waals surface area (Å²) in [6.45, 7) is 0. The zero-order valence-corrected chi connectivity index (χ0v) is 4.81. The minimum absolute atomic E-state index is 0.296. The molecule has 0 saturated carbocycles. The topological polar surface area (TPSA) is 77.4 Å². The second-order valence-electron chi connectivity index (χ2n) is 1.15. The van der Waals surface area contributed by atoms with E-state index < -0.39 is 17.0 Å². The molecule has 0 aromatic carbocycles. The van der Waals surface area contributed by atoms with E-state index in [0.717, 1.165) is 0 Å². The van der Waals surface area contributed by atoms with E-state index in [9.17, 15) is 13.6 Å². The van der Waals surface area contributed by atoms with Crippen LogP contribution in [0.25, 0.3) is 0 Å². The van der Waals surface area contributed by atoms with Crippen LogP contribution in [0.1, 0.15) is 6.42 Å². The highest BCUT2D eigenvalue weighted by molar-refractivity contribution is 7.79. The molecule has 0 aliphatic rings. The second-order valence-corrected chi connectivity index (χ2v) is 2.17. The zero-order valence-electron chi connectivity index (χ0n) is 3.99. The lowest BCUT2D eigenvalue weighted by atomic mass is 10.5. The molecule has 0 aromatic heterocycles. The average molecular weight is 137 g/mol. The van der Waals surface area contributed by atoms with E-state index in [1.54, 1.807) is 0 Å². The molecule has 0 rings (SSSR count). The fourth-order valence-corrected chi connectivity index (χ4v) is 0.512. The number of aliphatic carboxylic acids is 1. The average Bonchev–Trinajstić information content (AvgIpc) is 1.61. The Labute approximate surface area is 48.8 Å². The monoisotopic (exact) mass is 137 g/mol. The molecular weight excluding hydrogens is 132 g/mol. The van der Waals surface area contributed by atoms with Gasteiger partial charge in [-0.2, -0.15) is 0 Å². The summed E-state index contributed by atoms with van der Waals surface area (Å²) < 4.78 is 19.3. The van der Waals surface area contributed by atoms with Crippen LogP contribution in [0.5, 0.6) is 0 Å². The van der Waals surface area contributed by atoms with Crippen LogP contribution in [0, 0.1) is 0 Å². The van der Waals surface area contributed by atoms with Gasteiger partial charge in [-0.15, -0.1) is 0 Å². The van der Waals surface area contributed by atoms with Crippen molar-refractivity contribution in [3.8, 4) is 0 Å². The van der Waals surface area contributed by atoms with Gasteiger partial charge in [-0.3, -0.25) is 9.00 Å². The number of carbonyl (C=O) groups is 1. The van der Waals surface area contributed by atoms with E-state index >= 15 is 0 Å². The summed E-state index contributed by atoms with van der Waals surface area (Å²) in [5.74, 6) is -1.39. The summed E-state index contributed by atoms with van der Waals surface area (Å²) >= 11 is -2.22. The van der Waals surface area contributed by atoms with E-state index in [1.165, 1.54) is 0 Å². The first kappa shape index (κ1) is 7.58. The van der Waals surface area contributed by atoms with Crippen molar-refractivity contribution >= 4 is 17.0 Å². The molecule has 0 saturated heterocycles.